The van der Waals surface area contributed by atoms with Crippen molar-refractivity contribution >= 4 is 17.3 Å². The number of nitrogens with zero attached hydrogens (tertiary/aromatic N) is 4. The Morgan fingerprint density at radius 1 is 1.50 bits per heavy atom. The van der Waals surface area contributed by atoms with Gasteiger partial charge in [0.25, 0.3) is 0 Å². The molecule has 8 nitrogen and oxygen atoms in total. The number of piperidine rings is 1. The topological polar surface area (TPSA) is 93.4 Å². The second-order valence-corrected chi connectivity index (χ2v) is 4.60. The maximum absolute atomic E-state index is 11.3. The lowest BCUT2D eigenvalue weighted by Gasteiger charge is -2.31. The molecule has 1 aromatic rings. The van der Waals surface area contributed by atoms with Crippen molar-refractivity contribution in [2.75, 3.05) is 37.0 Å². The van der Waals surface area contributed by atoms with Gasteiger partial charge in [-0.15, -0.1) is 0 Å². The van der Waals surface area contributed by atoms with E-state index < -0.39 is 4.92 Å². The molecular weight excluding hydrogens is 262 g/mol. The fourth-order valence-corrected chi connectivity index (χ4v) is 2.37. The van der Waals surface area contributed by atoms with E-state index >= 15 is 0 Å². The van der Waals surface area contributed by atoms with Gasteiger partial charge in [-0.05, 0) is 19.8 Å². The largest absolute Gasteiger partial charge is 0.381 e. The van der Waals surface area contributed by atoms with Gasteiger partial charge in [-0.25, -0.2) is 9.97 Å². The van der Waals surface area contributed by atoms with E-state index in [-0.39, 0.29) is 17.6 Å². The molecule has 1 N–H and O–H groups in total. The zero-order chi connectivity index (χ0) is 14.5. The fourth-order valence-electron chi connectivity index (χ4n) is 2.37. The van der Waals surface area contributed by atoms with Gasteiger partial charge in [-0.1, -0.05) is 0 Å². The molecule has 20 heavy (non-hydrogen) atoms. The number of nitro groups is 1. The summed E-state index contributed by atoms with van der Waals surface area (Å²) in [7, 11) is 1.69. The molecule has 1 fully saturated rings. The van der Waals surface area contributed by atoms with Gasteiger partial charge in [-0.2, -0.15) is 0 Å². The first-order valence-electron chi connectivity index (χ1n) is 6.68. The Bertz CT molecular complexity index is 474. The Kier molecular flexibility index (Phi) is 4.67. The summed E-state index contributed by atoms with van der Waals surface area (Å²) in [6.07, 6.45) is 3.27. The van der Waals surface area contributed by atoms with Gasteiger partial charge in [0.1, 0.15) is 6.33 Å². The summed E-state index contributed by atoms with van der Waals surface area (Å²) >= 11 is 0. The number of nitrogens with one attached hydrogen (secondary N) is 1. The van der Waals surface area contributed by atoms with E-state index in [0.717, 1.165) is 12.8 Å². The molecule has 1 aliphatic rings. The van der Waals surface area contributed by atoms with Crippen LogP contribution in [0.4, 0.5) is 17.3 Å². The van der Waals surface area contributed by atoms with Crippen LogP contribution >= 0.6 is 0 Å². The summed E-state index contributed by atoms with van der Waals surface area (Å²) < 4.78 is 5.31. The van der Waals surface area contributed by atoms with Crippen LogP contribution in [0.1, 0.15) is 19.8 Å². The van der Waals surface area contributed by atoms with Crippen molar-refractivity contribution in [1.29, 1.82) is 0 Å². The lowest BCUT2D eigenvalue weighted by atomic mass is 10.1. The average Bonchev–Trinajstić information content (AvgIpc) is 2.47. The molecule has 0 amide bonds. The minimum absolute atomic E-state index is 0.0507. The highest BCUT2D eigenvalue weighted by atomic mass is 16.6. The molecule has 2 heterocycles. The van der Waals surface area contributed by atoms with Crippen LogP contribution in [-0.4, -0.2) is 47.7 Å². The second kappa shape index (κ2) is 6.47. The Labute approximate surface area is 117 Å². The maximum atomic E-state index is 11.3. The number of ether oxygens (including phenoxy) is 1. The van der Waals surface area contributed by atoms with Gasteiger partial charge in [0.15, 0.2) is 0 Å². The molecule has 1 aliphatic heterocycles. The van der Waals surface area contributed by atoms with Crippen LogP contribution in [-0.2, 0) is 4.74 Å². The van der Waals surface area contributed by atoms with E-state index in [1.807, 2.05) is 11.8 Å². The number of anilines is 2. The molecular formula is C12H19N5O3. The van der Waals surface area contributed by atoms with Crippen molar-refractivity contribution in [3.05, 3.63) is 16.4 Å². The molecule has 0 atom stereocenters. The van der Waals surface area contributed by atoms with Crippen LogP contribution in [0.15, 0.2) is 6.33 Å². The van der Waals surface area contributed by atoms with Crippen LogP contribution in [0, 0.1) is 10.1 Å². The molecule has 0 spiro atoms. The zero-order valence-electron chi connectivity index (χ0n) is 11.7. The number of hydrogen-bond acceptors (Lipinski definition) is 7. The van der Waals surface area contributed by atoms with Crippen LogP contribution < -0.4 is 10.2 Å². The fraction of sp³-hybridized carbons (Fsp3) is 0.667. The normalized spacial score (nSPS) is 16.2. The first-order chi connectivity index (χ1) is 9.67. The quantitative estimate of drug-likeness (QED) is 0.644. The van der Waals surface area contributed by atoms with Crippen molar-refractivity contribution in [1.82, 2.24) is 9.97 Å². The third-order valence-corrected chi connectivity index (χ3v) is 3.40. The summed E-state index contributed by atoms with van der Waals surface area (Å²) in [6, 6.07) is 0. The van der Waals surface area contributed by atoms with Gasteiger partial charge < -0.3 is 15.0 Å². The number of rotatable bonds is 5. The zero-order valence-corrected chi connectivity index (χ0v) is 11.7. The van der Waals surface area contributed by atoms with Crippen LogP contribution in [0.5, 0.6) is 0 Å². The van der Waals surface area contributed by atoms with E-state index in [0.29, 0.717) is 25.5 Å². The lowest BCUT2D eigenvalue weighted by molar-refractivity contribution is -0.383. The third-order valence-electron chi connectivity index (χ3n) is 3.40. The highest BCUT2D eigenvalue weighted by Crippen LogP contribution is 2.33. The van der Waals surface area contributed by atoms with Gasteiger partial charge in [0.2, 0.25) is 11.6 Å². The highest BCUT2D eigenvalue weighted by molar-refractivity contribution is 5.70. The molecule has 0 saturated carbocycles. The van der Waals surface area contributed by atoms with Crippen molar-refractivity contribution in [2.24, 2.45) is 0 Å². The van der Waals surface area contributed by atoms with Crippen molar-refractivity contribution in [3.8, 4) is 0 Å². The van der Waals surface area contributed by atoms with Crippen LogP contribution in [0.25, 0.3) is 0 Å². The van der Waals surface area contributed by atoms with Gasteiger partial charge in [-0.3, -0.25) is 10.1 Å². The predicted octanol–water partition coefficient (Wildman–Crippen LogP) is 1.43. The van der Waals surface area contributed by atoms with Crippen molar-refractivity contribution in [3.63, 3.8) is 0 Å². The van der Waals surface area contributed by atoms with Crippen LogP contribution in [0.2, 0.25) is 0 Å². The van der Waals surface area contributed by atoms with E-state index in [4.69, 9.17) is 4.74 Å². The summed E-state index contributed by atoms with van der Waals surface area (Å²) in [6.45, 7) is 3.84. The van der Waals surface area contributed by atoms with Gasteiger partial charge in [0.05, 0.1) is 11.0 Å². The first-order valence-corrected chi connectivity index (χ1v) is 6.68. The van der Waals surface area contributed by atoms with Gasteiger partial charge in [0, 0.05) is 26.7 Å². The molecule has 0 aliphatic carbocycles. The Balaban J connectivity index is 2.27. The molecule has 0 aromatic carbocycles. The second-order valence-electron chi connectivity index (χ2n) is 4.60. The minimum atomic E-state index is -0.421. The molecule has 0 unspecified atom stereocenters. The molecule has 0 radical (unpaired) electrons. The minimum Gasteiger partial charge on any atom is -0.381 e. The van der Waals surface area contributed by atoms with E-state index in [9.17, 15) is 10.1 Å². The van der Waals surface area contributed by atoms with E-state index in [1.54, 1.807) is 7.11 Å². The smallest absolute Gasteiger partial charge is 0.353 e. The summed E-state index contributed by atoms with van der Waals surface area (Å²) in [5.74, 6) is 0.659. The maximum Gasteiger partial charge on any atom is 0.353 e. The molecule has 2 rings (SSSR count). The number of methoxy groups -OCH3 is 1. The predicted molar refractivity (Wildman–Crippen MR) is 75.1 cm³/mol. The lowest BCUT2D eigenvalue weighted by Crippen LogP contribution is -2.37. The monoisotopic (exact) mass is 281 g/mol. The Morgan fingerprint density at radius 3 is 2.75 bits per heavy atom. The molecule has 1 aromatic heterocycles. The molecule has 110 valence electrons. The van der Waals surface area contributed by atoms with Crippen molar-refractivity contribution in [2.45, 2.75) is 25.9 Å². The average molecular weight is 281 g/mol. The standard InChI is InChI=1S/C12H19N5O3/c1-3-13-11-10(17(18)19)12(15-8-14-11)16-6-4-9(20-2)5-7-16/h8-9H,3-7H2,1-2H3,(H,13,14,15). The van der Waals surface area contributed by atoms with Gasteiger partial charge >= 0.3 is 5.69 Å². The van der Waals surface area contributed by atoms with E-state index in [1.165, 1.54) is 6.33 Å². The molecule has 8 heteroatoms. The number of aromatic nitrogens is 2. The van der Waals surface area contributed by atoms with Crippen LogP contribution in [0.3, 0.4) is 0 Å². The molecule has 0 bridgehead atoms. The summed E-state index contributed by atoms with van der Waals surface area (Å²) in [5.41, 5.74) is -0.0507. The van der Waals surface area contributed by atoms with E-state index in [2.05, 4.69) is 15.3 Å². The SMILES string of the molecule is CCNc1ncnc(N2CCC(OC)CC2)c1[N+](=O)[O-]. The number of hydrogen-bond donors (Lipinski definition) is 1. The third kappa shape index (κ3) is 2.96. The Morgan fingerprint density at radius 2 is 2.20 bits per heavy atom. The summed E-state index contributed by atoms with van der Waals surface area (Å²) in [5, 5.41) is 14.2. The summed E-state index contributed by atoms with van der Waals surface area (Å²) in [4.78, 5) is 20.9. The highest BCUT2D eigenvalue weighted by Gasteiger charge is 2.29. The molecule has 1 saturated heterocycles. The van der Waals surface area contributed by atoms with Crippen molar-refractivity contribution < 1.29 is 9.66 Å². The Hall–Kier alpha value is -1.96. The first kappa shape index (κ1) is 14.4.